The number of barbiturate groups is 1. The van der Waals surface area contributed by atoms with E-state index in [0.717, 1.165) is 16.0 Å². The van der Waals surface area contributed by atoms with Crippen molar-refractivity contribution in [3.05, 3.63) is 97.5 Å². The van der Waals surface area contributed by atoms with Gasteiger partial charge in [0.1, 0.15) is 17.9 Å². The Hall–Kier alpha value is -3.32. The summed E-state index contributed by atoms with van der Waals surface area (Å²) < 4.78 is 5.92. The Morgan fingerprint density at radius 2 is 1.69 bits per heavy atom. The Labute approximate surface area is 217 Å². The largest absolute Gasteiger partial charge is 0.488 e. The van der Waals surface area contributed by atoms with Crippen molar-refractivity contribution >= 4 is 64.4 Å². The highest BCUT2D eigenvalue weighted by Gasteiger charge is 2.37. The molecule has 178 valence electrons. The highest BCUT2D eigenvalue weighted by Crippen LogP contribution is 2.30. The summed E-state index contributed by atoms with van der Waals surface area (Å²) in [6, 6.07) is 14.5. The fraction of sp³-hybridized carbons (Fsp3) is 0.115. The third-order valence-electron chi connectivity index (χ3n) is 5.36. The number of rotatable bonds is 5. The van der Waals surface area contributed by atoms with Crippen LogP contribution in [0.15, 0.2) is 60.2 Å². The van der Waals surface area contributed by atoms with E-state index < -0.39 is 17.8 Å². The van der Waals surface area contributed by atoms with Gasteiger partial charge in [-0.3, -0.25) is 14.9 Å². The number of amides is 4. The fourth-order valence-electron chi connectivity index (χ4n) is 3.55. The second-order valence-corrected chi connectivity index (χ2v) is 9.22. The summed E-state index contributed by atoms with van der Waals surface area (Å²) in [5, 5.41) is 3.44. The maximum atomic E-state index is 13.3. The Morgan fingerprint density at radius 1 is 0.914 bits per heavy atom. The van der Waals surface area contributed by atoms with Gasteiger partial charge in [0.25, 0.3) is 11.8 Å². The molecular formula is C26H19Cl3N2O4. The van der Waals surface area contributed by atoms with Crippen LogP contribution in [0.25, 0.3) is 6.08 Å². The molecule has 3 aromatic rings. The molecule has 1 N–H and O–H groups in total. The van der Waals surface area contributed by atoms with E-state index in [4.69, 9.17) is 39.5 Å². The Morgan fingerprint density at radius 3 is 2.43 bits per heavy atom. The van der Waals surface area contributed by atoms with Crippen molar-refractivity contribution in [3.8, 4) is 5.75 Å². The Kier molecular flexibility index (Phi) is 7.17. The number of anilines is 1. The minimum Gasteiger partial charge on any atom is -0.488 e. The molecule has 0 atom stereocenters. The van der Waals surface area contributed by atoms with Crippen molar-refractivity contribution in [2.75, 3.05) is 4.90 Å². The summed E-state index contributed by atoms with van der Waals surface area (Å²) in [6.07, 6.45) is 1.36. The van der Waals surface area contributed by atoms with Crippen LogP contribution in [0.1, 0.15) is 22.3 Å². The van der Waals surface area contributed by atoms with Crippen LogP contribution in [0.3, 0.4) is 0 Å². The summed E-state index contributed by atoms with van der Waals surface area (Å²) >= 11 is 18.2. The summed E-state index contributed by atoms with van der Waals surface area (Å²) in [7, 11) is 0. The number of halogens is 3. The number of ether oxygens (including phenoxy) is 1. The molecule has 4 amide bonds. The molecular weight excluding hydrogens is 511 g/mol. The molecule has 0 unspecified atom stereocenters. The molecule has 0 aromatic heterocycles. The number of benzene rings is 3. The van der Waals surface area contributed by atoms with E-state index in [9.17, 15) is 14.4 Å². The van der Waals surface area contributed by atoms with E-state index in [1.807, 2.05) is 13.0 Å². The van der Waals surface area contributed by atoms with Crippen LogP contribution in [0.2, 0.25) is 15.1 Å². The lowest BCUT2D eigenvalue weighted by Gasteiger charge is -2.28. The molecule has 0 bridgehead atoms. The number of hydrogen-bond donors (Lipinski definition) is 1. The van der Waals surface area contributed by atoms with Gasteiger partial charge in [-0.25, -0.2) is 9.69 Å². The second kappa shape index (κ2) is 10.1. The molecule has 9 heteroatoms. The molecule has 1 fully saturated rings. The smallest absolute Gasteiger partial charge is 0.335 e. The van der Waals surface area contributed by atoms with Gasteiger partial charge in [-0.1, -0.05) is 53.0 Å². The highest BCUT2D eigenvalue weighted by atomic mass is 35.5. The number of carbonyl (C=O) groups excluding carboxylic acids is 3. The number of nitrogens with one attached hydrogen (secondary N) is 1. The van der Waals surface area contributed by atoms with Crippen LogP contribution in [0.5, 0.6) is 5.75 Å². The van der Waals surface area contributed by atoms with Gasteiger partial charge in [0, 0.05) is 10.6 Å². The number of nitrogens with zero attached hydrogens (tertiary/aromatic N) is 1. The Bertz CT molecular complexity index is 1400. The maximum absolute atomic E-state index is 13.3. The van der Waals surface area contributed by atoms with Crippen LogP contribution in [0.4, 0.5) is 10.5 Å². The van der Waals surface area contributed by atoms with E-state index in [0.29, 0.717) is 37.6 Å². The molecule has 0 saturated carbocycles. The summed E-state index contributed by atoms with van der Waals surface area (Å²) in [4.78, 5) is 39.5. The number of hydrogen-bond acceptors (Lipinski definition) is 4. The first-order valence-corrected chi connectivity index (χ1v) is 11.6. The first-order valence-electron chi connectivity index (χ1n) is 10.5. The predicted molar refractivity (Wildman–Crippen MR) is 137 cm³/mol. The summed E-state index contributed by atoms with van der Waals surface area (Å²) in [6.45, 7) is 3.78. The average Bonchev–Trinajstić information content (AvgIpc) is 2.80. The first-order chi connectivity index (χ1) is 16.6. The van der Waals surface area contributed by atoms with Crippen LogP contribution >= 0.6 is 34.8 Å². The molecule has 1 aliphatic heterocycles. The van der Waals surface area contributed by atoms with Gasteiger partial charge in [0.05, 0.1) is 15.7 Å². The zero-order chi connectivity index (χ0) is 25.3. The van der Waals surface area contributed by atoms with Gasteiger partial charge in [0.2, 0.25) is 0 Å². The van der Waals surface area contributed by atoms with Crippen LogP contribution < -0.4 is 15.0 Å². The van der Waals surface area contributed by atoms with Gasteiger partial charge < -0.3 is 4.74 Å². The number of aryl methyl sites for hydroxylation is 2. The molecule has 6 nitrogen and oxygen atoms in total. The van der Waals surface area contributed by atoms with E-state index in [1.165, 1.54) is 6.08 Å². The van der Waals surface area contributed by atoms with E-state index in [-0.39, 0.29) is 12.2 Å². The van der Waals surface area contributed by atoms with E-state index in [2.05, 4.69) is 5.32 Å². The highest BCUT2D eigenvalue weighted by molar-refractivity contribution is 6.42. The third-order valence-corrected chi connectivity index (χ3v) is 6.33. The van der Waals surface area contributed by atoms with E-state index >= 15 is 0 Å². The van der Waals surface area contributed by atoms with Crippen molar-refractivity contribution in [2.45, 2.75) is 20.5 Å². The molecule has 1 saturated heterocycles. The second-order valence-electron chi connectivity index (χ2n) is 7.97. The molecule has 1 aliphatic rings. The van der Waals surface area contributed by atoms with Crippen molar-refractivity contribution in [1.29, 1.82) is 0 Å². The lowest BCUT2D eigenvalue weighted by atomic mass is 10.0. The lowest BCUT2D eigenvalue weighted by Crippen LogP contribution is -2.54. The summed E-state index contributed by atoms with van der Waals surface area (Å²) in [5.41, 5.74) is 2.90. The molecule has 0 aliphatic carbocycles. The minimum atomic E-state index is -0.812. The normalized spacial score (nSPS) is 14.9. The van der Waals surface area contributed by atoms with Crippen LogP contribution in [-0.2, 0) is 16.2 Å². The number of carbonyl (C=O) groups is 3. The third kappa shape index (κ3) is 5.35. The molecule has 0 radical (unpaired) electrons. The van der Waals surface area contributed by atoms with E-state index in [1.54, 1.807) is 55.5 Å². The molecule has 35 heavy (non-hydrogen) atoms. The lowest BCUT2D eigenvalue weighted by molar-refractivity contribution is -0.122. The standard InChI is InChI=1S/C26H19Cl3N2O4/c1-14-3-4-15(2)22(9-14)31-25(33)19(24(32)30-26(31)34)12-17-11-18(27)6-8-23(17)35-13-16-5-7-20(28)21(29)10-16/h3-12H,13H2,1-2H3,(H,30,32,34)/b19-12+. The zero-order valence-corrected chi connectivity index (χ0v) is 21.0. The number of urea groups is 1. The van der Waals surface area contributed by atoms with Crippen molar-refractivity contribution in [1.82, 2.24) is 5.32 Å². The SMILES string of the molecule is Cc1ccc(C)c(N2C(=O)NC(=O)/C(=C\c3cc(Cl)ccc3OCc3ccc(Cl)c(Cl)c3)C2=O)c1. The maximum Gasteiger partial charge on any atom is 0.335 e. The quantitative estimate of drug-likeness (QED) is 0.302. The Balaban J connectivity index is 1.69. The molecule has 4 rings (SSSR count). The zero-order valence-electron chi connectivity index (χ0n) is 18.7. The average molecular weight is 530 g/mol. The van der Waals surface area contributed by atoms with Crippen molar-refractivity contribution in [3.63, 3.8) is 0 Å². The minimum absolute atomic E-state index is 0.155. The van der Waals surface area contributed by atoms with Gasteiger partial charge in [-0.2, -0.15) is 0 Å². The van der Waals surface area contributed by atoms with Crippen molar-refractivity contribution in [2.24, 2.45) is 0 Å². The van der Waals surface area contributed by atoms with Crippen LogP contribution in [-0.4, -0.2) is 17.8 Å². The first kappa shape index (κ1) is 24.8. The van der Waals surface area contributed by atoms with Crippen LogP contribution in [0, 0.1) is 13.8 Å². The molecule has 0 spiro atoms. The van der Waals surface area contributed by atoms with Gasteiger partial charge in [-0.15, -0.1) is 0 Å². The number of imide groups is 2. The van der Waals surface area contributed by atoms with Crippen molar-refractivity contribution < 1.29 is 19.1 Å². The monoisotopic (exact) mass is 528 g/mol. The van der Waals surface area contributed by atoms with Gasteiger partial charge in [0.15, 0.2) is 0 Å². The van der Waals surface area contributed by atoms with Gasteiger partial charge in [-0.05, 0) is 73.0 Å². The summed E-state index contributed by atoms with van der Waals surface area (Å²) in [5.74, 6) is -1.18. The molecule has 1 heterocycles. The topological polar surface area (TPSA) is 75.7 Å². The fourth-order valence-corrected chi connectivity index (χ4v) is 4.05. The molecule has 3 aromatic carbocycles. The van der Waals surface area contributed by atoms with Gasteiger partial charge >= 0.3 is 6.03 Å². The predicted octanol–water partition coefficient (Wildman–Crippen LogP) is 6.51.